The number of nitrogens with one attached hydrogen (secondary N) is 1. The van der Waals surface area contributed by atoms with Gasteiger partial charge in [-0.25, -0.2) is 0 Å². The minimum absolute atomic E-state index is 0.278. The van der Waals surface area contributed by atoms with E-state index in [1.54, 1.807) is 0 Å². The highest BCUT2D eigenvalue weighted by atomic mass is 16.5. The molecule has 1 aromatic carbocycles. The van der Waals surface area contributed by atoms with Crippen molar-refractivity contribution in [1.82, 2.24) is 10.2 Å². The Bertz CT molecular complexity index is 535. The van der Waals surface area contributed by atoms with Crippen LogP contribution < -0.4 is 5.32 Å². The zero-order valence-corrected chi connectivity index (χ0v) is 15.1. The first kappa shape index (κ1) is 17.3. The Kier molecular flexibility index (Phi) is 5.77. The lowest BCUT2D eigenvalue weighted by atomic mass is 9.64. The molecule has 0 amide bonds. The lowest BCUT2D eigenvalue weighted by molar-refractivity contribution is 0.115. The van der Waals surface area contributed by atoms with Gasteiger partial charge in [-0.2, -0.15) is 0 Å². The van der Waals surface area contributed by atoms with Gasteiger partial charge < -0.3 is 15.0 Å². The number of rotatable bonds is 8. The molecule has 0 spiro atoms. The van der Waals surface area contributed by atoms with Gasteiger partial charge >= 0.3 is 0 Å². The molecule has 24 heavy (non-hydrogen) atoms. The molecule has 0 unspecified atom stereocenters. The van der Waals surface area contributed by atoms with Crippen molar-refractivity contribution in [2.24, 2.45) is 10.9 Å². The first-order valence-corrected chi connectivity index (χ1v) is 9.28. The molecule has 0 aliphatic heterocycles. The molecule has 0 bridgehead atoms. The normalized spacial score (nSPS) is 19.7. The van der Waals surface area contributed by atoms with Gasteiger partial charge in [-0.15, -0.1) is 0 Å². The Morgan fingerprint density at radius 1 is 1.29 bits per heavy atom. The van der Waals surface area contributed by atoms with E-state index < -0.39 is 0 Å². The minimum atomic E-state index is 0.278. The Labute approximate surface area is 146 Å². The fourth-order valence-electron chi connectivity index (χ4n) is 3.44. The van der Waals surface area contributed by atoms with Gasteiger partial charge in [-0.05, 0) is 37.2 Å². The molecule has 2 saturated carbocycles. The standard InChI is InChI=1S/C20H31N3O/c1-21-19(23(2)13-14-24-15-17-9-10-17)22-16-20(11-6-12-20)18-7-4-3-5-8-18/h3-5,7-8,17H,6,9-16H2,1-2H3,(H,21,22). The second-order valence-electron chi connectivity index (χ2n) is 7.34. The van der Waals surface area contributed by atoms with E-state index in [1.807, 2.05) is 7.05 Å². The van der Waals surface area contributed by atoms with Crippen molar-refractivity contribution in [3.63, 3.8) is 0 Å². The second kappa shape index (κ2) is 8.02. The summed E-state index contributed by atoms with van der Waals surface area (Å²) in [5.41, 5.74) is 1.73. The average molecular weight is 329 g/mol. The molecule has 4 heteroatoms. The van der Waals surface area contributed by atoms with Crippen LogP contribution in [0.2, 0.25) is 0 Å². The summed E-state index contributed by atoms with van der Waals surface area (Å²) in [6.07, 6.45) is 6.53. The average Bonchev–Trinajstić information content (AvgIpc) is 3.39. The van der Waals surface area contributed by atoms with Crippen molar-refractivity contribution >= 4 is 5.96 Å². The van der Waals surface area contributed by atoms with Crippen LogP contribution in [0, 0.1) is 5.92 Å². The molecule has 1 aromatic rings. The summed E-state index contributed by atoms with van der Waals surface area (Å²) in [5.74, 6) is 1.80. The number of hydrogen-bond acceptors (Lipinski definition) is 2. The van der Waals surface area contributed by atoms with Crippen LogP contribution in [0.15, 0.2) is 35.3 Å². The number of likely N-dealkylation sites (N-methyl/N-ethyl adjacent to an activating group) is 1. The van der Waals surface area contributed by atoms with E-state index in [0.717, 1.165) is 38.2 Å². The van der Waals surface area contributed by atoms with Crippen molar-refractivity contribution in [3.8, 4) is 0 Å². The number of benzene rings is 1. The van der Waals surface area contributed by atoms with E-state index >= 15 is 0 Å². The topological polar surface area (TPSA) is 36.9 Å². The lowest BCUT2D eigenvalue weighted by Gasteiger charge is -2.43. The SMILES string of the molecule is CN=C(NCC1(c2ccccc2)CCC1)N(C)CCOCC1CC1. The van der Waals surface area contributed by atoms with E-state index in [2.05, 4.69) is 52.6 Å². The molecule has 0 atom stereocenters. The van der Waals surface area contributed by atoms with Crippen molar-refractivity contribution < 1.29 is 4.74 Å². The summed E-state index contributed by atoms with van der Waals surface area (Å²) in [4.78, 5) is 6.62. The monoisotopic (exact) mass is 329 g/mol. The summed E-state index contributed by atoms with van der Waals surface area (Å²) in [7, 11) is 3.95. The van der Waals surface area contributed by atoms with Crippen molar-refractivity contribution in [2.45, 2.75) is 37.5 Å². The number of nitrogens with zero attached hydrogens (tertiary/aromatic N) is 2. The van der Waals surface area contributed by atoms with Gasteiger partial charge in [0.05, 0.1) is 6.61 Å². The van der Waals surface area contributed by atoms with Crippen LogP contribution in [0.25, 0.3) is 0 Å². The largest absolute Gasteiger partial charge is 0.379 e. The highest BCUT2D eigenvalue weighted by Gasteiger charge is 2.38. The molecule has 0 aromatic heterocycles. The lowest BCUT2D eigenvalue weighted by Crippen LogP contribution is -2.49. The van der Waals surface area contributed by atoms with Crippen molar-refractivity contribution in [2.75, 3.05) is 40.4 Å². The maximum atomic E-state index is 5.75. The third-order valence-electron chi connectivity index (χ3n) is 5.48. The predicted molar refractivity (Wildman–Crippen MR) is 99.5 cm³/mol. The maximum Gasteiger partial charge on any atom is 0.193 e. The second-order valence-corrected chi connectivity index (χ2v) is 7.34. The fraction of sp³-hybridized carbons (Fsp3) is 0.650. The molecule has 4 nitrogen and oxygen atoms in total. The summed E-state index contributed by atoms with van der Waals surface area (Å²) < 4.78 is 5.75. The van der Waals surface area contributed by atoms with E-state index in [0.29, 0.717) is 0 Å². The maximum absolute atomic E-state index is 5.75. The van der Waals surface area contributed by atoms with E-state index in [1.165, 1.54) is 37.7 Å². The molecule has 2 aliphatic rings. The van der Waals surface area contributed by atoms with Crippen LogP contribution in [-0.2, 0) is 10.2 Å². The Balaban J connectivity index is 1.47. The van der Waals surface area contributed by atoms with Crippen LogP contribution in [0.1, 0.15) is 37.7 Å². The van der Waals surface area contributed by atoms with Gasteiger partial charge in [0.15, 0.2) is 5.96 Å². The third kappa shape index (κ3) is 4.29. The molecule has 132 valence electrons. The molecule has 0 radical (unpaired) electrons. The van der Waals surface area contributed by atoms with Gasteiger partial charge in [0.1, 0.15) is 0 Å². The van der Waals surface area contributed by atoms with Crippen LogP contribution in [0.5, 0.6) is 0 Å². The molecule has 0 saturated heterocycles. The molecule has 3 rings (SSSR count). The zero-order chi connectivity index (χ0) is 16.8. The third-order valence-corrected chi connectivity index (χ3v) is 5.48. The molecule has 1 N–H and O–H groups in total. The van der Waals surface area contributed by atoms with Crippen molar-refractivity contribution in [1.29, 1.82) is 0 Å². The Hall–Kier alpha value is -1.55. The fourth-order valence-corrected chi connectivity index (χ4v) is 3.44. The van der Waals surface area contributed by atoms with Crippen LogP contribution in [0.4, 0.5) is 0 Å². The number of guanidine groups is 1. The van der Waals surface area contributed by atoms with Gasteiger partial charge in [0.2, 0.25) is 0 Å². The quantitative estimate of drug-likeness (QED) is 0.452. The highest BCUT2D eigenvalue weighted by Crippen LogP contribution is 2.43. The smallest absolute Gasteiger partial charge is 0.193 e. The van der Waals surface area contributed by atoms with Gasteiger partial charge in [-0.3, -0.25) is 4.99 Å². The van der Waals surface area contributed by atoms with E-state index in [9.17, 15) is 0 Å². The first-order valence-electron chi connectivity index (χ1n) is 9.28. The summed E-state index contributed by atoms with van der Waals surface area (Å²) in [5, 5.41) is 3.59. The summed E-state index contributed by atoms with van der Waals surface area (Å²) in [6, 6.07) is 10.9. The molecular formula is C20H31N3O. The number of aliphatic imine (C=N–C) groups is 1. The van der Waals surface area contributed by atoms with E-state index in [-0.39, 0.29) is 5.41 Å². The van der Waals surface area contributed by atoms with Gasteiger partial charge in [0.25, 0.3) is 0 Å². The Morgan fingerprint density at radius 3 is 2.62 bits per heavy atom. The molecule has 2 fully saturated rings. The number of hydrogen-bond donors (Lipinski definition) is 1. The summed E-state index contributed by atoms with van der Waals surface area (Å²) in [6.45, 7) is 3.54. The minimum Gasteiger partial charge on any atom is -0.379 e. The molecule has 2 aliphatic carbocycles. The summed E-state index contributed by atoms with van der Waals surface area (Å²) >= 11 is 0. The van der Waals surface area contributed by atoms with Crippen molar-refractivity contribution in [3.05, 3.63) is 35.9 Å². The van der Waals surface area contributed by atoms with Crippen LogP contribution >= 0.6 is 0 Å². The first-order chi connectivity index (χ1) is 11.7. The molecule has 0 heterocycles. The van der Waals surface area contributed by atoms with Gasteiger partial charge in [-0.1, -0.05) is 36.8 Å². The number of ether oxygens (including phenoxy) is 1. The Morgan fingerprint density at radius 2 is 2.04 bits per heavy atom. The van der Waals surface area contributed by atoms with Gasteiger partial charge in [0, 0.05) is 39.2 Å². The van der Waals surface area contributed by atoms with E-state index in [4.69, 9.17) is 4.74 Å². The zero-order valence-electron chi connectivity index (χ0n) is 15.1. The highest BCUT2D eigenvalue weighted by molar-refractivity contribution is 5.79. The van der Waals surface area contributed by atoms with Crippen LogP contribution in [-0.4, -0.2) is 51.3 Å². The molecular weight excluding hydrogens is 298 g/mol. The predicted octanol–water partition coefficient (Wildman–Crippen LogP) is 3.04. The van der Waals surface area contributed by atoms with Crippen LogP contribution in [0.3, 0.4) is 0 Å².